The van der Waals surface area contributed by atoms with E-state index in [0.717, 1.165) is 37.4 Å². The highest BCUT2D eigenvalue weighted by atomic mass is 32.1. The second kappa shape index (κ2) is 6.97. The summed E-state index contributed by atoms with van der Waals surface area (Å²) in [6.07, 6.45) is 0.914. The van der Waals surface area contributed by atoms with Gasteiger partial charge in [-0.2, -0.15) is 0 Å². The summed E-state index contributed by atoms with van der Waals surface area (Å²) in [5.41, 5.74) is -0.154. The predicted molar refractivity (Wildman–Crippen MR) is 79.4 cm³/mol. The number of aromatic carboxylic acids is 1. The minimum absolute atomic E-state index is 0.134. The van der Waals surface area contributed by atoms with E-state index in [9.17, 15) is 9.59 Å². The Morgan fingerprint density at radius 1 is 1.29 bits per heavy atom. The highest BCUT2D eigenvalue weighted by Gasteiger charge is 2.24. The number of ketones is 1. The molecule has 0 radical (unpaired) electrons. The van der Waals surface area contributed by atoms with Gasteiger partial charge in [-0.25, -0.2) is 9.78 Å². The molecule has 0 aliphatic carbocycles. The number of β-amino-alcohol motifs (C(OH)–C–C–N with tert-alkyl or cyclic N) is 1. The molecule has 1 aromatic rings. The third kappa shape index (κ3) is 3.78. The molecule has 1 saturated heterocycles. The van der Waals surface area contributed by atoms with Crippen molar-refractivity contribution >= 4 is 28.2 Å². The van der Waals surface area contributed by atoms with Gasteiger partial charge in [0.1, 0.15) is 4.88 Å². The fourth-order valence-corrected chi connectivity index (χ4v) is 3.36. The van der Waals surface area contributed by atoms with Crippen molar-refractivity contribution in [1.29, 1.82) is 0 Å². The molecule has 2 heterocycles. The van der Waals surface area contributed by atoms with Crippen LogP contribution in [-0.4, -0.2) is 71.2 Å². The fourth-order valence-electron chi connectivity index (χ4n) is 2.35. The van der Waals surface area contributed by atoms with E-state index in [0.29, 0.717) is 18.2 Å². The van der Waals surface area contributed by atoms with Crippen molar-refractivity contribution in [3.8, 4) is 0 Å². The molecule has 1 aliphatic heterocycles. The maximum atomic E-state index is 11.5. The van der Waals surface area contributed by atoms with Crippen LogP contribution < -0.4 is 4.90 Å². The van der Waals surface area contributed by atoms with Gasteiger partial charge < -0.3 is 15.1 Å². The number of Topliss-reactive ketones (excluding diaryl/α,β-unsaturated/α-hetero) is 1. The van der Waals surface area contributed by atoms with E-state index in [1.165, 1.54) is 6.92 Å². The number of hydrogen-bond donors (Lipinski definition) is 2. The molecule has 0 amide bonds. The molecular formula is C13H19N3O4S. The molecule has 0 spiro atoms. The number of hydrogen-bond acceptors (Lipinski definition) is 7. The summed E-state index contributed by atoms with van der Waals surface area (Å²) in [4.78, 5) is 31.2. The smallest absolute Gasteiger partial charge is 0.356 e. The highest BCUT2D eigenvalue weighted by Crippen LogP contribution is 2.27. The molecule has 8 heteroatoms. The molecule has 7 nitrogen and oxygen atoms in total. The van der Waals surface area contributed by atoms with Gasteiger partial charge in [-0.05, 0) is 13.0 Å². The summed E-state index contributed by atoms with van der Waals surface area (Å²) in [7, 11) is 0. The second-order valence-corrected chi connectivity index (χ2v) is 5.92. The molecule has 1 aliphatic rings. The maximum absolute atomic E-state index is 11.5. The third-order valence-electron chi connectivity index (χ3n) is 3.41. The Morgan fingerprint density at radius 3 is 2.62 bits per heavy atom. The van der Waals surface area contributed by atoms with Crippen LogP contribution in [0.4, 0.5) is 5.13 Å². The monoisotopic (exact) mass is 313 g/mol. The van der Waals surface area contributed by atoms with E-state index in [4.69, 9.17) is 10.2 Å². The van der Waals surface area contributed by atoms with E-state index < -0.39 is 5.97 Å². The van der Waals surface area contributed by atoms with Crippen LogP contribution in [0, 0.1) is 0 Å². The first-order chi connectivity index (χ1) is 10.0. The maximum Gasteiger partial charge on any atom is 0.356 e. The van der Waals surface area contributed by atoms with E-state index in [1.54, 1.807) is 0 Å². The predicted octanol–water partition coefficient (Wildman–Crippen LogP) is 0.548. The van der Waals surface area contributed by atoms with Crippen LogP contribution in [0.5, 0.6) is 0 Å². The van der Waals surface area contributed by atoms with Crippen LogP contribution in [0.15, 0.2) is 0 Å². The van der Waals surface area contributed by atoms with Crippen LogP contribution in [0.25, 0.3) is 0 Å². The SMILES string of the molecule is CC(=O)c1sc(N2CCCN(CCO)CC2)nc1C(=O)O. The normalized spacial score (nSPS) is 16.8. The van der Waals surface area contributed by atoms with Crippen molar-refractivity contribution in [3.63, 3.8) is 0 Å². The average Bonchev–Trinajstić information content (AvgIpc) is 2.75. The zero-order valence-electron chi connectivity index (χ0n) is 11.9. The Morgan fingerprint density at radius 2 is 2.05 bits per heavy atom. The van der Waals surface area contributed by atoms with Gasteiger partial charge in [-0.1, -0.05) is 11.3 Å². The van der Waals surface area contributed by atoms with Gasteiger partial charge in [0.2, 0.25) is 0 Å². The zero-order chi connectivity index (χ0) is 15.4. The lowest BCUT2D eigenvalue weighted by Crippen LogP contribution is -2.32. The first-order valence-electron chi connectivity index (χ1n) is 6.86. The number of aliphatic hydroxyl groups is 1. The topological polar surface area (TPSA) is 94.0 Å². The molecule has 116 valence electrons. The number of anilines is 1. The molecule has 0 saturated carbocycles. The quantitative estimate of drug-likeness (QED) is 0.767. The third-order valence-corrected chi connectivity index (χ3v) is 4.63. The van der Waals surface area contributed by atoms with E-state index in [2.05, 4.69) is 9.88 Å². The van der Waals surface area contributed by atoms with Crippen LogP contribution in [0.2, 0.25) is 0 Å². The van der Waals surface area contributed by atoms with E-state index in [1.807, 2.05) is 4.90 Å². The van der Waals surface area contributed by atoms with Crippen molar-refractivity contribution in [2.75, 3.05) is 44.2 Å². The number of rotatable bonds is 5. The molecule has 1 aromatic heterocycles. The Balaban J connectivity index is 2.16. The number of nitrogens with zero attached hydrogens (tertiary/aromatic N) is 3. The molecule has 2 rings (SSSR count). The molecule has 0 bridgehead atoms. The lowest BCUT2D eigenvalue weighted by atomic mass is 10.3. The second-order valence-electron chi connectivity index (χ2n) is 4.94. The Kier molecular flexibility index (Phi) is 5.27. The molecule has 21 heavy (non-hydrogen) atoms. The molecule has 1 fully saturated rings. The van der Waals surface area contributed by atoms with Crippen molar-refractivity contribution in [1.82, 2.24) is 9.88 Å². The number of carboxylic acids is 1. The number of thiazole rings is 1. The zero-order valence-corrected chi connectivity index (χ0v) is 12.7. The number of carbonyl (C=O) groups is 2. The van der Waals surface area contributed by atoms with Gasteiger partial charge in [0.05, 0.1) is 6.61 Å². The first kappa shape index (κ1) is 15.9. The van der Waals surface area contributed by atoms with E-state index in [-0.39, 0.29) is 23.0 Å². The lowest BCUT2D eigenvalue weighted by Gasteiger charge is -2.20. The van der Waals surface area contributed by atoms with Gasteiger partial charge in [0.25, 0.3) is 0 Å². The lowest BCUT2D eigenvalue weighted by molar-refractivity contribution is 0.0687. The molecular weight excluding hydrogens is 294 g/mol. The summed E-state index contributed by atoms with van der Waals surface area (Å²) in [5, 5.41) is 18.7. The summed E-state index contributed by atoms with van der Waals surface area (Å²) in [6.45, 7) is 5.30. The summed E-state index contributed by atoms with van der Waals surface area (Å²) in [6, 6.07) is 0. The first-order valence-corrected chi connectivity index (χ1v) is 7.67. The molecule has 0 unspecified atom stereocenters. The van der Waals surface area contributed by atoms with Gasteiger partial charge in [0, 0.05) is 33.1 Å². The van der Waals surface area contributed by atoms with Crippen LogP contribution in [0.3, 0.4) is 0 Å². The van der Waals surface area contributed by atoms with Gasteiger partial charge >= 0.3 is 5.97 Å². The van der Waals surface area contributed by atoms with Gasteiger partial charge in [0.15, 0.2) is 16.6 Å². The Labute approximate surface area is 126 Å². The molecule has 2 N–H and O–H groups in total. The molecule has 0 aromatic carbocycles. The minimum Gasteiger partial charge on any atom is -0.476 e. The van der Waals surface area contributed by atoms with Gasteiger partial charge in [-0.15, -0.1) is 0 Å². The number of aromatic nitrogens is 1. The Hall–Kier alpha value is -1.51. The van der Waals surface area contributed by atoms with Gasteiger partial charge in [-0.3, -0.25) is 9.69 Å². The van der Waals surface area contributed by atoms with E-state index >= 15 is 0 Å². The number of aliphatic hydroxyl groups excluding tert-OH is 1. The standard InChI is InChI=1S/C13H19N3O4S/c1-9(18)11-10(12(19)20)14-13(21-11)16-4-2-3-15(5-6-16)7-8-17/h17H,2-8H2,1H3,(H,19,20). The van der Waals surface area contributed by atoms with Crippen molar-refractivity contribution in [3.05, 3.63) is 10.6 Å². The average molecular weight is 313 g/mol. The van der Waals surface area contributed by atoms with Crippen LogP contribution in [0.1, 0.15) is 33.5 Å². The van der Waals surface area contributed by atoms with Crippen LogP contribution >= 0.6 is 11.3 Å². The summed E-state index contributed by atoms with van der Waals surface area (Å²) < 4.78 is 0. The highest BCUT2D eigenvalue weighted by molar-refractivity contribution is 7.17. The summed E-state index contributed by atoms with van der Waals surface area (Å²) in [5.74, 6) is -1.44. The Bertz CT molecular complexity index is 500. The van der Waals surface area contributed by atoms with Crippen LogP contribution in [-0.2, 0) is 0 Å². The fraction of sp³-hybridized carbons (Fsp3) is 0.615. The minimum atomic E-state index is -1.17. The number of carbonyl (C=O) groups excluding carboxylic acids is 1. The van der Waals surface area contributed by atoms with Crippen molar-refractivity contribution in [2.45, 2.75) is 13.3 Å². The number of carboxylic acid groups (broad SMARTS) is 1. The van der Waals surface area contributed by atoms with Crippen molar-refractivity contribution in [2.24, 2.45) is 0 Å². The molecule has 0 atom stereocenters. The largest absolute Gasteiger partial charge is 0.476 e. The van der Waals surface area contributed by atoms with Crippen molar-refractivity contribution < 1.29 is 19.8 Å². The summed E-state index contributed by atoms with van der Waals surface area (Å²) >= 11 is 1.14.